The quantitative estimate of drug-likeness (QED) is 0.729. The van der Waals surface area contributed by atoms with Crippen LogP contribution in [0.5, 0.6) is 0 Å². The molecule has 13 heavy (non-hydrogen) atoms. The predicted molar refractivity (Wildman–Crippen MR) is 52.8 cm³/mol. The molecule has 1 rings (SSSR count). The van der Waals surface area contributed by atoms with Gasteiger partial charge in [-0.3, -0.25) is 5.32 Å². The molecule has 0 aliphatic rings. The topological polar surface area (TPSA) is 49.3 Å². The summed E-state index contributed by atoms with van der Waals surface area (Å²) in [6.07, 6.45) is -1.05. The normalized spacial score (nSPS) is 9.31. The Labute approximate surface area is 76.7 Å². The van der Waals surface area contributed by atoms with Crippen LogP contribution in [0.25, 0.3) is 5.57 Å². The van der Waals surface area contributed by atoms with Gasteiger partial charge in [0.25, 0.3) is 0 Å². The van der Waals surface area contributed by atoms with E-state index in [0.29, 0.717) is 5.69 Å². The van der Waals surface area contributed by atoms with Crippen molar-refractivity contribution >= 4 is 17.4 Å². The Morgan fingerprint density at radius 1 is 1.38 bits per heavy atom. The Balaban J connectivity index is 2.81. The van der Waals surface area contributed by atoms with Crippen LogP contribution in [0.15, 0.2) is 30.8 Å². The number of rotatable bonds is 2. The number of benzene rings is 1. The highest BCUT2D eigenvalue weighted by Gasteiger charge is 1.97. The Hall–Kier alpha value is -1.77. The molecule has 1 amide bonds. The SMILES string of the molecule is C=C(C)c1ccc(NC(=O)O)cc1. The molecule has 0 aromatic heterocycles. The summed E-state index contributed by atoms with van der Waals surface area (Å²) in [5, 5.41) is 10.7. The van der Waals surface area contributed by atoms with Crippen molar-refractivity contribution in [3.8, 4) is 0 Å². The molecule has 68 valence electrons. The summed E-state index contributed by atoms with van der Waals surface area (Å²) in [5.41, 5.74) is 2.54. The standard InChI is InChI=1S/C10H11NO2/c1-7(2)8-3-5-9(6-4-8)11-10(12)13/h3-6,11H,1H2,2H3,(H,12,13). The van der Waals surface area contributed by atoms with Gasteiger partial charge in [0.2, 0.25) is 0 Å². The summed E-state index contributed by atoms with van der Waals surface area (Å²) < 4.78 is 0. The molecule has 0 aliphatic carbocycles. The van der Waals surface area contributed by atoms with E-state index in [2.05, 4.69) is 11.9 Å². The van der Waals surface area contributed by atoms with E-state index in [1.165, 1.54) is 0 Å². The number of nitrogens with one attached hydrogen (secondary N) is 1. The van der Waals surface area contributed by atoms with Crippen LogP contribution in [0.3, 0.4) is 0 Å². The lowest BCUT2D eigenvalue weighted by atomic mass is 10.1. The smallest absolute Gasteiger partial charge is 0.409 e. The fourth-order valence-corrected chi connectivity index (χ4v) is 0.962. The molecule has 0 atom stereocenters. The highest BCUT2D eigenvalue weighted by molar-refractivity contribution is 5.83. The first-order valence-corrected chi connectivity index (χ1v) is 3.85. The van der Waals surface area contributed by atoms with E-state index in [-0.39, 0.29) is 0 Å². The molecular formula is C10H11NO2. The van der Waals surface area contributed by atoms with E-state index in [9.17, 15) is 4.79 Å². The van der Waals surface area contributed by atoms with E-state index in [1.54, 1.807) is 12.1 Å². The number of carbonyl (C=O) groups is 1. The molecule has 1 aromatic rings. The molecule has 0 bridgehead atoms. The van der Waals surface area contributed by atoms with E-state index in [4.69, 9.17) is 5.11 Å². The highest BCUT2D eigenvalue weighted by atomic mass is 16.4. The number of amides is 1. The summed E-state index contributed by atoms with van der Waals surface area (Å²) in [4.78, 5) is 10.3. The molecule has 0 radical (unpaired) electrons. The summed E-state index contributed by atoms with van der Waals surface area (Å²) in [7, 11) is 0. The molecule has 2 N–H and O–H groups in total. The van der Waals surface area contributed by atoms with Gasteiger partial charge in [-0.05, 0) is 24.6 Å². The third-order valence-corrected chi connectivity index (χ3v) is 1.63. The predicted octanol–water partition coefficient (Wildman–Crippen LogP) is 2.81. The van der Waals surface area contributed by atoms with Crippen molar-refractivity contribution < 1.29 is 9.90 Å². The van der Waals surface area contributed by atoms with Crippen molar-refractivity contribution in [1.82, 2.24) is 0 Å². The Kier molecular flexibility index (Phi) is 2.69. The minimum absolute atomic E-state index is 0.567. The Morgan fingerprint density at radius 3 is 2.31 bits per heavy atom. The molecule has 3 nitrogen and oxygen atoms in total. The lowest BCUT2D eigenvalue weighted by molar-refractivity contribution is 0.210. The van der Waals surface area contributed by atoms with E-state index in [0.717, 1.165) is 11.1 Å². The number of carboxylic acid groups (broad SMARTS) is 1. The first-order valence-electron chi connectivity index (χ1n) is 3.85. The Bertz CT molecular complexity index is 327. The maximum absolute atomic E-state index is 10.3. The van der Waals surface area contributed by atoms with Crippen LogP contribution in [0.1, 0.15) is 12.5 Å². The van der Waals surface area contributed by atoms with Gasteiger partial charge in [0.15, 0.2) is 0 Å². The zero-order valence-electron chi connectivity index (χ0n) is 7.37. The monoisotopic (exact) mass is 177 g/mol. The zero-order valence-corrected chi connectivity index (χ0v) is 7.37. The van der Waals surface area contributed by atoms with Crippen LogP contribution >= 0.6 is 0 Å². The van der Waals surface area contributed by atoms with Crippen molar-refractivity contribution in [1.29, 1.82) is 0 Å². The van der Waals surface area contributed by atoms with Crippen LogP contribution in [-0.4, -0.2) is 11.2 Å². The number of hydrogen-bond acceptors (Lipinski definition) is 1. The van der Waals surface area contributed by atoms with Gasteiger partial charge in [-0.2, -0.15) is 0 Å². The maximum Gasteiger partial charge on any atom is 0.409 e. The van der Waals surface area contributed by atoms with Gasteiger partial charge in [0.1, 0.15) is 0 Å². The summed E-state index contributed by atoms with van der Waals surface area (Å²) in [5.74, 6) is 0. The number of anilines is 1. The van der Waals surface area contributed by atoms with E-state index in [1.807, 2.05) is 19.1 Å². The van der Waals surface area contributed by atoms with Gasteiger partial charge >= 0.3 is 6.09 Å². The Morgan fingerprint density at radius 2 is 1.92 bits per heavy atom. The van der Waals surface area contributed by atoms with E-state index >= 15 is 0 Å². The van der Waals surface area contributed by atoms with Gasteiger partial charge in [-0.25, -0.2) is 4.79 Å². The minimum atomic E-state index is -1.05. The fraction of sp³-hybridized carbons (Fsp3) is 0.100. The van der Waals surface area contributed by atoms with Crippen LogP contribution in [-0.2, 0) is 0 Å². The second-order valence-electron chi connectivity index (χ2n) is 2.79. The van der Waals surface area contributed by atoms with E-state index < -0.39 is 6.09 Å². The van der Waals surface area contributed by atoms with Crippen molar-refractivity contribution in [3.05, 3.63) is 36.4 Å². The van der Waals surface area contributed by atoms with Gasteiger partial charge in [-0.1, -0.05) is 24.3 Å². The molecule has 0 aliphatic heterocycles. The van der Waals surface area contributed by atoms with Crippen LogP contribution in [0.2, 0.25) is 0 Å². The average molecular weight is 177 g/mol. The molecule has 0 saturated carbocycles. The molecule has 0 unspecified atom stereocenters. The molecule has 1 aromatic carbocycles. The van der Waals surface area contributed by atoms with Gasteiger partial charge in [0.05, 0.1) is 0 Å². The van der Waals surface area contributed by atoms with Crippen molar-refractivity contribution in [2.24, 2.45) is 0 Å². The summed E-state index contributed by atoms with van der Waals surface area (Å²) in [6, 6.07) is 7.07. The molecule has 0 saturated heterocycles. The third-order valence-electron chi connectivity index (χ3n) is 1.63. The summed E-state index contributed by atoms with van der Waals surface area (Å²) in [6.45, 7) is 5.68. The second kappa shape index (κ2) is 3.76. The first kappa shape index (κ1) is 9.32. The van der Waals surface area contributed by atoms with Gasteiger partial charge in [0, 0.05) is 5.69 Å². The number of allylic oxidation sites excluding steroid dienone is 1. The van der Waals surface area contributed by atoms with Crippen LogP contribution < -0.4 is 5.32 Å². The third kappa shape index (κ3) is 2.63. The molecule has 0 fully saturated rings. The molecule has 3 heteroatoms. The molecular weight excluding hydrogens is 166 g/mol. The lowest BCUT2D eigenvalue weighted by Crippen LogP contribution is -2.06. The molecule has 0 heterocycles. The van der Waals surface area contributed by atoms with Crippen molar-refractivity contribution in [2.45, 2.75) is 6.92 Å². The molecule has 0 spiro atoms. The van der Waals surface area contributed by atoms with Crippen LogP contribution in [0, 0.1) is 0 Å². The minimum Gasteiger partial charge on any atom is -0.465 e. The van der Waals surface area contributed by atoms with Crippen molar-refractivity contribution in [3.63, 3.8) is 0 Å². The van der Waals surface area contributed by atoms with Gasteiger partial charge < -0.3 is 5.11 Å². The number of hydrogen-bond donors (Lipinski definition) is 2. The second-order valence-corrected chi connectivity index (χ2v) is 2.79. The highest BCUT2D eigenvalue weighted by Crippen LogP contribution is 2.14. The largest absolute Gasteiger partial charge is 0.465 e. The van der Waals surface area contributed by atoms with Crippen molar-refractivity contribution in [2.75, 3.05) is 5.32 Å². The fourth-order valence-electron chi connectivity index (χ4n) is 0.962. The summed E-state index contributed by atoms with van der Waals surface area (Å²) >= 11 is 0. The van der Waals surface area contributed by atoms with Crippen LogP contribution in [0.4, 0.5) is 10.5 Å². The van der Waals surface area contributed by atoms with Gasteiger partial charge in [-0.15, -0.1) is 0 Å². The maximum atomic E-state index is 10.3. The average Bonchev–Trinajstić information content (AvgIpc) is 2.04. The lowest BCUT2D eigenvalue weighted by Gasteiger charge is -2.02. The zero-order chi connectivity index (χ0) is 9.84. The first-order chi connectivity index (χ1) is 6.09.